The van der Waals surface area contributed by atoms with Gasteiger partial charge < -0.3 is 15.4 Å². The lowest BCUT2D eigenvalue weighted by atomic mass is 10.0. The number of carbonyl (C=O) groups excluding carboxylic acids is 3. The minimum absolute atomic E-state index is 0.0118. The van der Waals surface area contributed by atoms with Crippen LogP contribution in [0.4, 0.5) is 0 Å². The lowest BCUT2D eigenvalue weighted by Crippen LogP contribution is -2.39. The van der Waals surface area contributed by atoms with Crippen LogP contribution in [-0.2, 0) is 14.3 Å². The molecule has 2 N–H and O–H groups in total. The molecule has 0 saturated heterocycles. The molecule has 136 valence electrons. The van der Waals surface area contributed by atoms with Crippen molar-refractivity contribution in [3.05, 3.63) is 71.3 Å². The second kappa shape index (κ2) is 9.36. The van der Waals surface area contributed by atoms with E-state index in [0.29, 0.717) is 5.56 Å². The van der Waals surface area contributed by atoms with Gasteiger partial charge in [-0.15, -0.1) is 0 Å². The van der Waals surface area contributed by atoms with Crippen molar-refractivity contribution in [2.24, 2.45) is 0 Å². The first-order valence-electron chi connectivity index (χ1n) is 8.25. The number of ether oxygens (including phenoxy) is 1. The Hall–Kier alpha value is -3.15. The number of methoxy groups -OCH3 is 1. The Balaban J connectivity index is 1.98. The van der Waals surface area contributed by atoms with Crippen LogP contribution in [0.3, 0.4) is 0 Å². The quantitative estimate of drug-likeness (QED) is 0.746. The molecule has 0 aliphatic heterocycles. The lowest BCUT2D eigenvalue weighted by molar-refractivity contribution is -0.141. The van der Waals surface area contributed by atoms with E-state index in [2.05, 4.69) is 10.6 Å². The van der Waals surface area contributed by atoms with Gasteiger partial charge in [0.05, 0.1) is 26.1 Å². The Morgan fingerprint density at radius 3 is 2.27 bits per heavy atom. The normalized spacial score (nSPS) is 11.3. The van der Waals surface area contributed by atoms with Crippen molar-refractivity contribution in [2.75, 3.05) is 13.7 Å². The van der Waals surface area contributed by atoms with Crippen LogP contribution < -0.4 is 10.6 Å². The second-order valence-electron chi connectivity index (χ2n) is 5.86. The summed E-state index contributed by atoms with van der Waals surface area (Å²) in [6, 6.07) is 15.6. The monoisotopic (exact) mass is 354 g/mol. The van der Waals surface area contributed by atoms with E-state index >= 15 is 0 Å². The molecule has 0 bridgehead atoms. The molecular formula is C20H22N2O4. The highest BCUT2D eigenvalue weighted by Gasteiger charge is 2.19. The van der Waals surface area contributed by atoms with Gasteiger partial charge in [0, 0.05) is 5.56 Å². The van der Waals surface area contributed by atoms with Crippen molar-refractivity contribution in [3.8, 4) is 0 Å². The summed E-state index contributed by atoms with van der Waals surface area (Å²) < 4.78 is 4.70. The average Bonchev–Trinajstić information content (AvgIpc) is 2.66. The summed E-state index contributed by atoms with van der Waals surface area (Å²) in [5.74, 6) is -1.14. The molecule has 0 aliphatic carbocycles. The van der Waals surface area contributed by atoms with E-state index in [9.17, 15) is 14.4 Å². The highest BCUT2D eigenvalue weighted by atomic mass is 16.5. The van der Waals surface area contributed by atoms with Crippen LogP contribution >= 0.6 is 0 Å². The highest BCUT2D eigenvalue weighted by molar-refractivity contribution is 5.96. The lowest BCUT2D eigenvalue weighted by Gasteiger charge is -2.18. The zero-order chi connectivity index (χ0) is 18.9. The molecule has 1 atom stereocenters. The van der Waals surface area contributed by atoms with Gasteiger partial charge in [-0.1, -0.05) is 48.0 Å². The summed E-state index contributed by atoms with van der Waals surface area (Å²) in [7, 11) is 1.30. The molecule has 2 aromatic rings. The standard InChI is InChI=1S/C20H22N2O4/c1-14-8-10-15(11-9-14)17(12-19(24)26-2)22-18(23)13-21-20(25)16-6-4-3-5-7-16/h3-11,17H,12-13H2,1-2H3,(H,21,25)(H,22,23). The van der Waals surface area contributed by atoms with E-state index in [1.165, 1.54) is 7.11 Å². The summed E-state index contributed by atoms with van der Waals surface area (Å²) in [6.07, 6.45) is 0.0118. The first-order valence-corrected chi connectivity index (χ1v) is 8.25. The molecule has 2 amide bonds. The Morgan fingerprint density at radius 1 is 1.00 bits per heavy atom. The largest absolute Gasteiger partial charge is 0.469 e. The third-order valence-electron chi connectivity index (χ3n) is 3.86. The second-order valence-corrected chi connectivity index (χ2v) is 5.86. The van der Waals surface area contributed by atoms with Gasteiger partial charge >= 0.3 is 5.97 Å². The molecule has 2 aromatic carbocycles. The maximum absolute atomic E-state index is 12.2. The maximum Gasteiger partial charge on any atom is 0.307 e. The van der Waals surface area contributed by atoms with E-state index < -0.39 is 12.0 Å². The van der Waals surface area contributed by atoms with Crippen molar-refractivity contribution in [1.82, 2.24) is 10.6 Å². The van der Waals surface area contributed by atoms with Gasteiger partial charge in [0.2, 0.25) is 5.91 Å². The molecular weight excluding hydrogens is 332 g/mol. The maximum atomic E-state index is 12.2. The minimum atomic E-state index is -0.524. The molecule has 1 unspecified atom stereocenters. The number of amides is 2. The van der Waals surface area contributed by atoms with Crippen LogP contribution in [-0.4, -0.2) is 31.4 Å². The van der Waals surface area contributed by atoms with E-state index in [1.807, 2.05) is 37.3 Å². The van der Waals surface area contributed by atoms with Crippen molar-refractivity contribution in [1.29, 1.82) is 0 Å². The van der Waals surface area contributed by atoms with Crippen molar-refractivity contribution in [2.45, 2.75) is 19.4 Å². The summed E-state index contributed by atoms with van der Waals surface area (Å²) >= 11 is 0. The fraction of sp³-hybridized carbons (Fsp3) is 0.250. The van der Waals surface area contributed by atoms with Gasteiger partial charge in [-0.3, -0.25) is 14.4 Å². The topological polar surface area (TPSA) is 84.5 Å². The number of rotatable bonds is 7. The zero-order valence-corrected chi connectivity index (χ0v) is 14.8. The fourth-order valence-corrected chi connectivity index (χ4v) is 2.40. The molecule has 0 radical (unpaired) electrons. The van der Waals surface area contributed by atoms with Crippen LogP contribution in [0.5, 0.6) is 0 Å². The SMILES string of the molecule is COC(=O)CC(NC(=O)CNC(=O)c1ccccc1)c1ccc(C)cc1. The third kappa shape index (κ3) is 5.73. The molecule has 2 rings (SSSR count). The fourth-order valence-electron chi connectivity index (χ4n) is 2.40. The Morgan fingerprint density at radius 2 is 1.65 bits per heavy atom. The third-order valence-corrected chi connectivity index (χ3v) is 3.86. The first-order chi connectivity index (χ1) is 12.5. The minimum Gasteiger partial charge on any atom is -0.469 e. The first kappa shape index (κ1) is 19.2. The molecule has 6 nitrogen and oxygen atoms in total. The van der Waals surface area contributed by atoms with Gasteiger partial charge in [0.1, 0.15) is 0 Å². The van der Waals surface area contributed by atoms with Gasteiger partial charge in [0.15, 0.2) is 0 Å². The predicted octanol–water partition coefficient (Wildman–Crippen LogP) is 2.15. The summed E-state index contributed by atoms with van der Waals surface area (Å²) in [5.41, 5.74) is 2.35. The van der Waals surface area contributed by atoms with Crippen LogP contribution in [0, 0.1) is 6.92 Å². The van der Waals surface area contributed by atoms with E-state index in [4.69, 9.17) is 4.74 Å². The summed E-state index contributed by atoms with van der Waals surface area (Å²) in [4.78, 5) is 35.9. The summed E-state index contributed by atoms with van der Waals surface area (Å²) in [6.45, 7) is 1.77. The number of nitrogens with one attached hydrogen (secondary N) is 2. The molecule has 0 fully saturated rings. The Labute approximate surface area is 152 Å². The van der Waals surface area contributed by atoms with Crippen LogP contribution in [0.15, 0.2) is 54.6 Å². The Bertz CT molecular complexity index is 757. The predicted molar refractivity (Wildman–Crippen MR) is 97.5 cm³/mol. The molecule has 0 aliphatic rings. The number of carbonyl (C=O) groups is 3. The Kier molecular flexibility index (Phi) is 6.91. The van der Waals surface area contributed by atoms with Crippen molar-refractivity contribution < 1.29 is 19.1 Å². The smallest absolute Gasteiger partial charge is 0.307 e. The van der Waals surface area contributed by atoms with Gasteiger partial charge in [-0.2, -0.15) is 0 Å². The number of esters is 1. The number of benzene rings is 2. The molecule has 0 saturated carbocycles. The molecule has 6 heteroatoms. The van der Waals surface area contributed by atoms with Gasteiger partial charge in [-0.05, 0) is 24.6 Å². The molecule has 0 aromatic heterocycles. The average molecular weight is 354 g/mol. The number of aryl methyl sites for hydroxylation is 1. The van der Waals surface area contributed by atoms with Crippen LogP contribution in [0.1, 0.15) is 33.9 Å². The number of hydrogen-bond donors (Lipinski definition) is 2. The molecule has 26 heavy (non-hydrogen) atoms. The molecule has 0 heterocycles. The van der Waals surface area contributed by atoms with Crippen LogP contribution in [0.25, 0.3) is 0 Å². The van der Waals surface area contributed by atoms with Crippen molar-refractivity contribution >= 4 is 17.8 Å². The van der Waals surface area contributed by atoms with Gasteiger partial charge in [-0.25, -0.2) is 0 Å². The molecule has 0 spiro atoms. The number of hydrogen-bond acceptors (Lipinski definition) is 4. The van der Waals surface area contributed by atoms with Crippen molar-refractivity contribution in [3.63, 3.8) is 0 Å². The van der Waals surface area contributed by atoms with Gasteiger partial charge in [0.25, 0.3) is 5.91 Å². The van der Waals surface area contributed by atoms with E-state index in [0.717, 1.165) is 11.1 Å². The summed E-state index contributed by atoms with van der Waals surface area (Å²) in [5, 5.41) is 5.34. The van der Waals surface area contributed by atoms with Crippen LogP contribution in [0.2, 0.25) is 0 Å². The highest BCUT2D eigenvalue weighted by Crippen LogP contribution is 2.18. The zero-order valence-electron chi connectivity index (χ0n) is 14.8. The van der Waals surface area contributed by atoms with E-state index in [1.54, 1.807) is 24.3 Å². The van der Waals surface area contributed by atoms with E-state index in [-0.39, 0.29) is 24.8 Å².